The van der Waals surface area contributed by atoms with E-state index in [4.69, 9.17) is 14.5 Å². The van der Waals surface area contributed by atoms with Crippen molar-refractivity contribution in [2.45, 2.75) is 43.7 Å². The molecule has 0 saturated carbocycles. The number of methoxy groups -OCH3 is 1. The molecule has 2 aliphatic heterocycles. The summed E-state index contributed by atoms with van der Waals surface area (Å²) in [6.07, 6.45) is 9.14. The quantitative estimate of drug-likeness (QED) is 0.327. The predicted octanol–water partition coefficient (Wildman–Crippen LogP) is 4.66. The van der Waals surface area contributed by atoms with Crippen molar-refractivity contribution >= 4 is 22.7 Å². The van der Waals surface area contributed by atoms with Crippen molar-refractivity contribution in [1.82, 2.24) is 19.8 Å². The number of rotatable bonds is 12. The fraction of sp³-hybridized carbons (Fsp3) is 0.548. The van der Waals surface area contributed by atoms with Gasteiger partial charge < -0.3 is 19.5 Å². The van der Waals surface area contributed by atoms with E-state index in [1.54, 1.807) is 7.11 Å². The standard InChI is InChI=1S/C31H42N4O3S/c1-37-26-7-8-29-28(21-26)27(25(22-33-29)23-35-15-18-38-19-16-35)5-4-9-31(24-36)10-13-34(14-11-31)17-20-39-30-6-2-3-12-32-30/h2-3,6-8,12,21-22,36H,4-5,9-11,13-20,23-24H2,1H3. The number of piperidine rings is 1. The lowest BCUT2D eigenvalue weighted by molar-refractivity contribution is 0.0338. The lowest BCUT2D eigenvalue weighted by Gasteiger charge is -2.41. The van der Waals surface area contributed by atoms with E-state index in [-0.39, 0.29) is 12.0 Å². The van der Waals surface area contributed by atoms with Gasteiger partial charge in [-0.05, 0) is 92.1 Å². The summed E-state index contributed by atoms with van der Waals surface area (Å²) >= 11 is 1.82. The van der Waals surface area contributed by atoms with Gasteiger partial charge in [-0.3, -0.25) is 9.88 Å². The number of hydrogen-bond acceptors (Lipinski definition) is 8. The zero-order chi connectivity index (χ0) is 26.9. The lowest BCUT2D eigenvalue weighted by Crippen LogP contribution is -2.42. The molecule has 0 bridgehead atoms. The smallest absolute Gasteiger partial charge is 0.119 e. The summed E-state index contributed by atoms with van der Waals surface area (Å²) in [5.74, 6) is 1.92. The van der Waals surface area contributed by atoms with Crippen LogP contribution in [0.2, 0.25) is 0 Å². The van der Waals surface area contributed by atoms with Crippen LogP contribution in [-0.2, 0) is 17.7 Å². The fourth-order valence-electron chi connectivity index (χ4n) is 5.92. The van der Waals surface area contributed by atoms with Crippen LogP contribution in [0.5, 0.6) is 5.75 Å². The molecule has 2 aromatic heterocycles. The Balaban J connectivity index is 1.20. The Bertz CT molecular complexity index is 1180. The van der Waals surface area contributed by atoms with Crippen LogP contribution in [-0.4, -0.2) is 90.3 Å². The Morgan fingerprint density at radius 1 is 1.05 bits per heavy atom. The number of fused-ring (bicyclic) bond motifs is 1. The molecule has 39 heavy (non-hydrogen) atoms. The van der Waals surface area contributed by atoms with E-state index in [2.05, 4.69) is 39.2 Å². The normalized spacial score (nSPS) is 18.4. The van der Waals surface area contributed by atoms with Crippen molar-refractivity contribution < 1.29 is 14.6 Å². The number of thioether (sulfide) groups is 1. The molecule has 0 atom stereocenters. The van der Waals surface area contributed by atoms with E-state index in [0.717, 1.165) is 107 Å². The van der Waals surface area contributed by atoms with E-state index >= 15 is 0 Å². The Morgan fingerprint density at radius 2 is 1.90 bits per heavy atom. The van der Waals surface area contributed by atoms with Crippen LogP contribution in [0.15, 0.2) is 53.8 Å². The van der Waals surface area contributed by atoms with E-state index in [1.165, 1.54) is 16.5 Å². The molecule has 5 rings (SSSR count). The summed E-state index contributed by atoms with van der Waals surface area (Å²) in [5, 5.41) is 12.8. The second-order valence-electron chi connectivity index (χ2n) is 10.9. The molecular formula is C31H42N4O3S. The zero-order valence-corrected chi connectivity index (χ0v) is 24.0. The highest BCUT2D eigenvalue weighted by Crippen LogP contribution is 2.37. The minimum atomic E-state index is 0.0233. The Morgan fingerprint density at radius 3 is 2.64 bits per heavy atom. The third kappa shape index (κ3) is 7.50. The first-order valence-corrected chi connectivity index (χ1v) is 15.3. The minimum absolute atomic E-state index is 0.0233. The number of aliphatic hydroxyl groups is 1. The van der Waals surface area contributed by atoms with Gasteiger partial charge in [-0.2, -0.15) is 0 Å². The summed E-state index contributed by atoms with van der Waals surface area (Å²) in [4.78, 5) is 14.2. The van der Waals surface area contributed by atoms with Crippen molar-refractivity contribution in [3.8, 4) is 5.75 Å². The van der Waals surface area contributed by atoms with Gasteiger partial charge in [0.2, 0.25) is 0 Å². The monoisotopic (exact) mass is 550 g/mol. The van der Waals surface area contributed by atoms with E-state index in [0.29, 0.717) is 0 Å². The molecular weight excluding hydrogens is 508 g/mol. The van der Waals surface area contributed by atoms with E-state index < -0.39 is 0 Å². The van der Waals surface area contributed by atoms with Crippen molar-refractivity contribution in [3.63, 3.8) is 0 Å². The highest BCUT2D eigenvalue weighted by Gasteiger charge is 2.33. The van der Waals surface area contributed by atoms with Crippen LogP contribution in [0.3, 0.4) is 0 Å². The number of aliphatic hydroxyl groups excluding tert-OH is 1. The van der Waals surface area contributed by atoms with Crippen molar-refractivity contribution in [3.05, 3.63) is 59.9 Å². The number of likely N-dealkylation sites (tertiary alicyclic amines) is 1. The van der Waals surface area contributed by atoms with Crippen LogP contribution in [0.25, 0.3) is 10.9 Å². The highest BCUT2D eigenvalue weighted by molar-refractivity contribution is 7.99. The number of hydrogen-bond donors (Lipinski definition) is 1. The van der Waals surface area contributed by atoms with Crippen molar-refractivity contribution in [2.24, 2.45) is 5.41 Å². The second-order valence-corrected chi connectivity index (χ2v) is 12.0. The van der Waals surface area contributed by atoms with Gasteiger partial charge in [-0.25, -0.2) is 4.98 Å². The van der Waals surface area contributed by atoms with Gasteiger partial charge in [-0.1, -0.05) is 6.07 Å². The summed E-state index contributed by atoms with van der Waals surface area (Å²) in [6, 6.07) is 12.3. The Hall–Kier alpha value is -2.23. The summed E-state index contributed by atoms with van der Waals surface area (Å²) in [7, 11) is 1.72. The molecule has 0 unspecified atom stereocenters. The molecule has 2 fully saturated rings. The van der Waals surface area contributed by atoms with Crippen LogP contribution in [0, 0.1) is 5.41 Å². The predicted molar refractivity (Wildman–Crippen MR) is 157 cm³/mol. The van der Waals surface area contributed by atoms with Gasteiger partial charge in [0.25, 0.3) is 0 Å². The summed E-state index contributed by atoms with van der Waals surface area (Å²) in [5.41, 5.74) is 3.72. The molecule has 8 heteroatoms. The lowest BCUT2D eigenvalue weighted by atomic mass is 9.75. The highest BCUT2D eigenvalue weighted by atomic mass is 32.2. The van der Waals surface area contributed by atoms with Crippen molar-refractivity contribution in [2.75, 3.05) is 65.4 Å². The number of nitrogens with zero attached hydrogens (tertiary/aromatic N) is 4. The van der Waals surface area contributed by atoms with Gasteiger partial charge in [-0.15, -0.1) is 11.8 Å². The van der Waals surface area contributed by atoms with Gasteiger partial charge in [0, 0.05) is 56.3 Å². The average molecular weight is 551 g/mol. The number of aromatic nitrogens is 2. The van der Waals surface area contributed by atoms with Crippen LogP contribution < -0.4 is 4.74 Å². The molecule has 0 spiro atoms. The molecule has 0 aliphatic carbocycles. The largest absolute Gasteiger partial charge is 0.497 e. The molecule has 0 radical (unpaired) electrons. The molecule has 2 aliphatic rings. The number of pyridine rings is 2. The second kappa shape index (κ2) is 13.9. The Labute approximate surface area is 236 Å². The molecule has 7 nitrogen and oxygen atoms in total. The fourth-order valence-corrected chi connectivity index (χ4v) is 6.79. The molecule has 210 valence electrons. The molecule has 4 heterocycles. The Kier molecular flexibility index (Phi) is 10.1. The van der Waals surface area contributed by atoms with Gasteiger partial charge in [0.05, 0.1) is 30.9 Å². The first-order chi connectivity index (χ1) is 19.2. The maximum Gasteiger partial charge on any atom is 0.119 e. The number of morpholine rings is 1. The SMILES string of the molecule is COc1ccc2ncc(CN3CCOCC3)c(CCCC3(CO)CCN(CCSc4ccccn4)CC3)c2c1. The maximum atomic E-state index is 10.5. The molecule has 3 aromatic rings. The van der Waals surface area contributed by atoms with Gasteiger partial charge in [0.15, 0.2) is 0 Å². The third-order valence-corrected chi connectivity index (χ3v) is 9.38. The molecule has 2 saturated heterocycles. The van der Waals surface area contributed by atoms with E-state index in [9.17, 15) is 5.11 Å². The minimum Gasteiger partial charge on any atom is -0.497 e. The van der Waals surface area contributed by atoms with Crippen molar-refractivity contribution in [1.29, 1.82) is 0 Å². The van der Waals surface area contributed by atoms with Crippen LogP contribution >= 0.6 is 11.8 Å². The number of aryl methyl sites for hydroxylation is 1. The maximum absolute atomic E-state index is 10.5. The first kappa shape index (κ1) is 28.3. The zero-order valence-electron chi connectivity index (χ0n) is 23.2. The molecule has 1 N–H and O–H groups in total. The molecule has 0 amide bonds. The number of benzene rings is 1. The average Bonchev–Trinajstić information content (AvgIpc) is 2.99. The van der Waals surface area contributed by atoms with E-state index in [1.807, 2.05) is 36.2 Å². The van der Waals surface area contributed by atoms with Gasteiger partial charge >= 0.3 is 0 Å². The first-order valence-electron chi connectivity index (χ1n) is 14.3. The van der Waals surface area contributed by atoms with Gasteiger partial charge in [0.1, 0.15) is 5.75 Å². The van der Waals surface area contributed by atoms with Crippen LogP contribution in [0.1, 0.15) is 36.8 Å². The molecule has 1 aromatic carbocycles. The van der Waals surface area contributed by atoms with Crippen LogP contribution in [0.4, 0.5) is 0 Å². The number of ether oxygens (including phenoxy) is 2. The topological polar surface area (TPSA) is 71.0 Å². The third-order valence-electron chi connectivity index (χ3n) is 8.45. The summed E-state index contributed by atoms with van der Waals surface area (Å²) < 4.78 is 11.1. The summed E-state index contributed by atoms with van der Waals surface area (Å²) in [6.45, 7) is 7.86.